The number of ether oxygens (including phenoxy) is 1. The Morgan fingerprint density at radius 3 is 3.12 bits per heavy atom. The standard InChI is InChI=1S/C19H27N3O3/c1-20-15-4-2-10-22(13-15)19(24)5-3-11-25-16-7-8-17-14(12-16)6-9-18(23)21-17/h7-8,12,15,20H,2-6,9-11,13H2,1H3,(H,21,23). The van der Waals surface area contributed by atoms with Crippen LogP contribution in [-0.4, -0.2) is 49.5 Å². The number of likely N-dealkylation sites (N-methyl/N-ethyl adjacent to an activating group) is 1. The minimum absolute atomic E-state index is 0.0675. The highest BCUT2D eigenvalue weighted by Crippen LogP contribution is 2.26. The van der Waals surface area contributed by atoms with E-state index in [1.807, 2.05) is 30.1 Å². The van der Waals surface area contributed by atoms with Gasteiger partial charge in [-0.05, 0) is 56.5 Å². The molecule has 3 rings (SSSR count). The third-order valence-corrected chi connectivity index (χ3v) is 4.96. The van der Waals surface area contributed by atoms with Crippen molar-refractivity contribution in [2.45, 2.75) is 44.6 Å². The van der Waals surface area contributed by atoms with E-state index in [0.29, 0.717) is 31.9 Å². The zero-order chi connectivity index (χ0) is 17.6. The van der Waals surface area contributed by atoms with E-state index in [-0.39, 0.29) is 11.8 Å². The number of hydrogen-bond acceptors (Lipinski definition) is 4. The Bertz CT molecular complexity index is 632. The van der Waals surface area contributed by atoms with Crippen LogP contribution in [0.15, 0.2) is 18.2 Å². The number of nitrogens with zero attached hydrogens (tertiary/aromatic N) is 1. The van der Waals surface area contributed by atoms with Gasteiger partial charge in [-0.2, -0.15) is 0 Å². The van der Waals surface area contributed by atoms with Crippen molar-refractivity contribution in [3.63, 3.8) is 0 Å². The Morgan fingerprint density at radius 1 is 1.40 bits per heavy atom. The van der Waals surface area contributed by atoms with Gasteiger partial charge in [-0.3, -0.25) is 9.59 Å². The van der Waals surface area contributed by atoms with Crippen LogP contribution in [0.25, 0.3) is 0 Å². The Hall–Kier alpha value is -2.08. The summed E-state index contributed by atoms with van der Waals surface area (Å²) in [5.74, 6) is 1.09. The van der Waals surface area contributed by atoms with E-state index in [4.69, 9.17) is 4.74 Å². The molecule has 1 aromatic carbocycles. The predicted octanol–water partition coefficient (Wildman–Crippen LogP) is 1.94. The predicted molar refractivity (Wildman–Crippen MR) is 96.8 cm³/mol. The number of carbonyl (C=O) groups is 2. The molecule has 6 heteroatoms. The van der Waals surface area contributed by atoms with Gasteiger partial charge in [0, 0.05) is 37.7 Å². The Morgan fingerprint density at radius 2 is 2.28 bits per heavy atom. The van der Waals surface area contributed by atoms with E-state index in [1.54, 1.807) is 0 Å². The minimum Gasteiger partial charge on any atom is -0.494 e. The summed E-state index contributed by atoms with van der Waals surface area (Å²) < 4.78 is 5.78. The van der Waals surface area contributed by atoms with Crippen molar-refractivity contribution in [1.82, 2.24) is 10.2 Å². The average Bonchev–Trinajstić information content (AvgIpc) is 2.65. The number of benzene rings is 1. The van der Waals surface area contributed by atoms with E-state index in [2.05, 4.69) is 10.6 Å². The number of likely N-dealkylation sites (tertiary alicyclic amines) is 1. The molecule has 0 saturated carbocycles. The molecular weight excluding hydrogens is 318 g/mol. The van der Waals surface area contributed by atoms with Gasteiger partial charge in [0.1, 0.15) is 5.75 Å². The Balaban J connectivity index is 1.41. The van der Waals surface area contributed by atoms with Gasteiger partial charge in [0.25, 0.3) is 0 Å². The van der Waals surface area contributed by atoms with Crippen LogP contribution in [-0.2, 0) is 16.0 Å². The summed E-state index contributed by atoms with van der Waals surface area (Å²) in [4.78, 5) is 25.6. The van der Waals surface area contributed by atoms with Crippen molar-refractivity contribution in [3.05, 3.63) is 23.8 Å². The average molecular weight is 345 g/mol. The maximum absolute atomic E-state index is 12.3. The zero-order valence-corrected chi connectivity index (χ0v) is 14.8. The van der Waals surface area contributed by atoms with E-state index < -0.39 is 0 Å². The molecule has 0 spiro atoms. The lowest BCUT2D eigenvalue weighted by Gasteiger charge is -2.32. The van der Waals surface area contributed by atoms with Crippen molar-refractivity contribution in [1.29, 1.82) is 0 Å². The number of nitrogens with one attached hydrogen (secondary N) is 2. The third kappa shape index (κ3) is 4.72. The summed E-state index contributed by atoms with van der Waals surface area (Å²) >= 11 is 0. The molecule has 2 heterocycles. The van der Waals surface area contributed by atoms with Crippen molar-refractivity contribution in [2.24, 2.45) is 0 Å². The van der Waals surface area contributed by atoms with Gasteiger partial charge in [-0.1, -0.05) is 0 Å². The molecule has 2 aliphatic rings. The van der Waals surface area contributed by atoms with Crippen LogP contribution in [0.4, 0.5) is 5.69 Å². The molecule has 1 fully saturated rings. The maximum atomic E-state index is 12.3. The van der Waals surface area contributed by atoms with E-state index in [9.17, 15) is 9.59 Å². The molecule has 1 aromatic rings. The second kappa shape index (κ2) is 8.34. The lowest BCUT2D eigenvalue weighted by molar-refractivity contribution is -0.132. The molecule has 6 nitrogen and oxygen atoms in total. The number of aryl methyl sites for hydroxylation is 1. The van der Waals surface area contributed by atoms with Gasteiger partial charge in [0.2, 0.25) is 11.8 Å². The maximum Gasteiger partial charge on any atom is 0.224 e. The fourth-order valence-corrected chi connectivity index (χ4v) is 3.46. The van der Waals surface area contributed by atoms with Gasteiger partial charge in [0.05, 0.1) is 6.61 Å². The molecule has 1 atom stereocenters. The number of carbonyl (C=O) groups excluding carboxylic acids is 2. The second-order valence-corrected chi connectivity index (χ2v) is 6.79. The lowest BCUT2D eigenvalue weighted by Crippen LogP contribution is -2.46. The van der Waals surface area contributed by atoms with E-state index in [1.165, 1.54) is 0 Å². The van der Waals surface area contributed by atoms with Crippen molar-refractivity contribution in [2.75, 3.05) is 32.1 Å². The molecule has 0 bridgehead atoms. The normalized spacial score (nSPS) is 20.0. The number of fused-ring (bicyclic) bond motifs is 1. The smallest absolute Gasteiger partial charge is 0.224 e. The quantitative estimate of drug-likeness (QED) is 0.773. The highest BCUT2D eigenvalue weighted by atomic mass is 16.5. The molecule has 1 saturated heterocycles. The van der Waals surface area contributed by atoms with Crippen LogP contribution in [0.3, 0.4) is 0 Å². The van der Waals surface area contributed by atoms with Crippen LogP contribution < -0.4 is 15.4 Å². The molecule has 0 aliphatic carbocycles. The fraction of sp³-hybridized carbons (Fsp3) is 0.579. The summed E-state index contributed by atoms with van der Waals surface area (Å²) in [6, 6.07) is 6.16. The third-order valence-electron chi connectivity index (χ3n) is 4.96. The highest BCUT2D eigenvalue weighted by molar-refractivity contribution is 5.94. The summed E-state index contributed by atoms with van der Waals surface area (Å²) in [6.07, 6.45) is 4.72. The minimum atomic E-state index is 0.0675. The zero-order valence-electron chi connectivity index (χ0n) is 14.8. The first-order valence-corrected chi connectivity index (χ1v) is 9.16. The summed E-state index contributed by atoms with van der Waals surface area (Å²) in [7, 11) is 1.95. The van der Waals surface area contributed by atoms with Crippen LogP contribution >= 0.6 is 0 Å². The second-order valence-electron chi connectivity index (χ2n) is 6.79. The molecule has 0 aromatic heterocycles. The van der Waals surface area contributed by atoms with E-state index in [0.717, 1.165) is 49.4 Å². The molecule has 1 unspecified atom stereocenters. The highest BCUT2D eigenvalue weighted by Gasteiger charge is 2.22. The van der Waals surface area contributed by atoms with Gasteiger partial charge in [0.15, 0.2) is 0 Å². The Labute approximate surface area is 148 Å². The molecule has 2 amide bonds. The van der Waals surface area contributed by atoms with Crippen LogP contribution in [0, 0.1) is 0 Å². The lowest BCUT2D eigenvalue weighted by atomic mass is 10.0. The summed E-state index contributed by atoms with van der Waals surface area (Å²) in [5.41, 5.74) is 1.99. The molecule has 0 radical (unpaired) electrons. The van der Waals surface area contributed by atoms with Gasteiger partial charge < -0.3 is 20.3 Å². The van der Waals surface area contributed by atoms with E-state index >= 15 is 0 Å². The summed E-state index contributed by atoms with van der Waals surface area (Å²) in [5, 5.41) is 6.12. The number of amides is 2. The number of rotatable bonds is 6. The molecule has 136 valence electrons. The molecular formula is C19H27N3O3. The van der Waals surface area contributed by atoms with Crippen molar-refractivity contribution >= 4 is 17.5 Å². The molecule has 2 N–H and O–H groups in total. The largest absolute Gasteiger partial charge is 0.494 e. The molecule has 2 aliphatic heterocycles. The number of piperidine rings is 1. The van der Waals surface area contributed by atoms with Gasteiger partial charge >= 0.3 is 0 Å². The SMILES string of the molecule is CNC1CCCN(C(=O)CCCOc2ccc3c(c2)CCC(=O)N3)C1. The van der Waals surface area contributed by atoms with Crippen molar-refractivity contribution in [3.8, 4) is 5.75 Å². The topological polar surface area (TPSA) is 70.7 Å². The number of hydrogen-bond donors (Lipinski definition) is 2. The summed E-state index contributed by atoms with van der Waals surface area (Å²) in [6.45, 7) is 2.21. The first-order chi connectivity index (χ1) is 12.2. The number of anilines is 1. The Kier molecular flexibility index (Phi) is 5.91. The molecule has 25 heavy (non-hydrogen) atoms. The van der Waals surface area contributed by atoms with Crippen molar-refractivity contribution < 1.29 is 14.3 Å². The first-order valence-electron chi connectivity index (χ1n) is 9.16. The van der Waals surface area contributed by atoms with Crippen LogP contribution in [0.2, 0.25) is 0 Å². The fourth-order valence-electron chi connectivity index (χ4n) is 3.46. The van der Waals surface area contributed by atoms with Gasteiger partial charge in [-0.15, -0.1) is 0 Å². The van der Waals surface area contributed by atoms with Crippen LogP contribution in [0.1, 0.15) is 37.7 Å². The monoisotopic (exact) mass is 345 g/mol. The van der Waals surface area contributed by atoms with Gasteiger partial charge in [-0.25, -0.2) is 0 Å². The van der Waals surface area contributed by atoms with Crippen LogP contribution in [0.5, 0.6) is 5.75 Å². The first kappa shape index (κ1) is 17.7.